The van der Waals surface area contributed by atoms with Crippen molar-refractivity contribution in [2.24, 2.45) is 11.3 Å². The van der Waals surface area contributed by atoms with Crippen LogP contribution < -0.4 is 0 Å². The van der Waals surface area contributed by atoms with Gasteiger partial charge in [0.25, 0.3) is 0 Å². The van der Waals surface area contributed by atoms with Crippen molar-refractivity contribution in [1.29, 1.82) is 0 Å². The van der Waals surface area contributed by atoms with E-state index in [0.29, 0.717) is 11.3 Å². The summed E-state index contributed by atoms with van der Waals surface area (Å²) in [4.78, 5) is 5.20. The fourth-order valence-corrected chi connectivity index (χ4v) is 4.53. The first-order chi connectivity index (χ1) is 11.8. The van der Waals surface area contributed by atoms with Crippen molar-refractivity contribution in [3.05, 3.63) is 35.9 Å². The lowest BCUT2D eigenvalue weighted by molar-refractivity contribution is 0.0348. The predicted molar refractivity (Wildman–Crippen MR) is 97.1 cm³/mol. The second-order valence-corrected chi connectivity index (χ2v) is 7.50. The fraction of sp³-hybridized carbons (Fsp3) is 0.700. The average Bonchev–Trinajstić information content (AvgIpc) is 2.94. The molecule has 1 atom stereocenters. The second-order valence-electron chi connectivity index (χ2n) is 7.50. The van der Waals surface area contributed by atoms with Gasteiger partial charge in [-0.3, -0.25) is 4.90 Å². The monoisotopic (exact) mass is 332 g/mol. The summed E-state index contributed by atoms with van der Waals surface area (Å²) in [5.74, 6) is 0.665. The van der Waals surface area contributed by atoms with Crippen molar-refractivity contribution < 1.29 is 9.47 Å². The highest BCUT2D eigenvalue weighted by Gasteiger charge is 2.47. The summed E-state index contributed by atoms with van der Waals surface area (Å²) < 4.78 is 10.8. The van der Waals surface area contributed by atoms with E-state index in [2.05, 4.69) is 40.1 Å². The van der Waals surface area contributed by atoms with Gasteiger partial charge in [-0.25, -0.2) is 0 Å². The smallest absolute Gasteiger partial charge is 0.0589 e. The van der Waals surface area contributed by atoms with Gasteiger partial charge in [-0.1, -0.05) is 30.3 Å². The first-order valence-corrected chi connectivity index (χ1v) is 9.22. The number of hydrogen-bond donors (Lipinski definition) is 0. The molecule has 2 aliphatic rings. The predicted octanol–water partition coefficient (Wildman–Crippen LogP) is 2.49. The third kappa shape index (κ3) is 4.17. The molecule has 0 bridgehead atoms. The molecule has 24 heavy (non-hydrogen) atoms. The van der Waals surface area contributed by atoms with Crippen LogP contribution in [-0.2, 0) is 16.0 Å². The molecule has 0 unspecified atom stereocenters. The van der Waals surface area contributed by atoms with E-state index in [1.165, 1.54) is 38.0 Å². The van der Waals surface area contributed by atoms with Gasteiger partial charge in [0.15, 0.2) is 0 Å². The van der Waals surface area contributed by atoms with Crippen LogP contribution in [0.5, 0.6) is 0 Å². The Morgan fingerprint density at radius 1 is 1.04 bits per heavy atom. The number of methoxy groups -OCH3 is 2. The van der Waals surface area contributed by atoms with Crippen LogP contribution in [0.3, 0.4) is 0 Å². The minimum atomic E-state index is 0.441. The summed E-state index contributed by atoms with van der Waals surface area (Å²) in [6, 6.07) is 10.8. The largest absolute Gasteiger partial charge is 0.384 e. The molecule has 0 aromatic heterocycles. The normalized spacial score (nSPS) is 24.7. The van der Waals surface area contributed by atoms with Crippen LogP contribution in [0.2, 0.25) is 0 Å². The lowest BCUT2D eigenvalue weighted by Crippen LogP contribution is -2.45. The Kier molecular flexibility index (Phi) is 6.28. The second kappa shape index (κ2) is 8.43. The molecule has 4 heteroatoms. The van der Waals surface area contributed by atoms with Crippen LogP contribution in [0.4, 0.5) is 0 Å². The zero-order valence-corrected chi connectivity index (χ0v) is 15.2. The van der Waals surface area contributed by atoms with E-state index in [0.717, 1.165) is 32.8 Å². The summed E-state index contributed by atoms with van der Waals surface area (Å²) in [6.45, 7) is 8.63. The lowest BCUT2D eigenvalue weighted by Gasteiger charge is -2.42. The maximum Gasteiger partial charge on any atom is 0.0589 e. The molecular weight excluding hydrogens is 300 g/mol. The molecule has 2 heterocycles. The van der Waals surface area contributed by atoms with Crippen molar-refractivity contribution in [2.45, 2.75) is 19.4 Å². The maximum atomic E-state index is 5.56. The van der Waals surface area contributed by atoms with Gasteiger partial charge in [0.1, 0.15) is 0 Å². The average molecular weight is 332 g/mol. The van der Waals surface area contributed by atoms with Crippen LogP contribution in [-0.4, -0.2) is 70.0 Å². The lowest BCUT2D eigenvalue weighted by atomic mass is 9.71. The Hall–Kier alpha value is -0.940. The number of hydrogen-bond acceptors (Lipinski definition) is 4. The Morgan fingerprint density at radius 2 is 1.79 bits per heavy atom. The van der Waals surface area contributed by atoms with Crippen LogP contribution in [0.15, 0.2) is 30.3 Å². The van der Waals surface area contributed by atoms with Gasteiger partial charge in [-0.15, -0.1) is 0 Å². The Balaban J connectivity index is 1.57. The molecule has 0 radical (unpaired) electrons. The molecule has 0 saturated carbocycles. The topological polar surface area (TPSA) is 24.9 Å². The number of nitrogens with zero attached hydrogens (tertiary/aromatic N) is 2. The van der Waals surface area contributed by atoms with E-state index in [4.69, 9.17) is 9.47 Å². The van der Waals surface area contributed by atoms with E-state index in [1.807, 2.05) is 7.11 Å². The van der Waals surface area contributed by atoms with E-state index >= 15 is 0 Å². The highest BCUT2D eigenvalue weighted by molar-refractivity contribution is 5.14. The van der Waals surface area contributed by atoms with Crippen molar-refractivity contribution >= 4 is 0 Å². The van der Waals surface area contributed by atoms with Gasteiger partial charge < -0.3 is 14.4 Å². The van der Waals surface area contributed by atoms with Gasteiger partial charge >= 0.3 is 0 Å². The molecule has 0 amide bonds. The number of rotatable bonds is 7. The molecule has 0 N–H and O–H groups in total. The van der Waals surface area contributed by atoms with Gasteiger partial charge in [-0.05, 0) is 36.9 Å². The Morgan fingerprint density at radius 3 is 2.46 bits per heavy atom. The minimum Gasteiger partial charge on any atom is -0.384 e. The Bertz CT molecular complexity index is 486. The number of ether oxygens (including phenoxy) is 2. The van der Waals surface area contributed by atoms with Crippen LogP contribution in [0.1, 0.15) is 18.4 Å². The van der Waals surface area contributed by atoms with Gasteiger partial charge in [0, 0.05) is 46.3 Å². The zero-order chi connectivity index (χ0) is 16.8. The molecule has 1 spiro atoms. The van der Waals surface area contributed by atoms with Crippen molar-refractivity contribution in [1.82, 2.24) is 9.80 Å². The van der Waals surface area contributed by atoms with E-state index in [9.17, 15) is 0 Å². The van der Waals surface area contributed by atoms with Gasteiger partial charge in [0.2, 0.25) is 0 Å². The first kappa shape index (κ1) is 17.9. The van der Waals surface area contributed by atoms with Crippen molar-refractivity contribution in [3.63, 3.8) is 0 Å². The highest BCUT2D eigenvalue weighted by Crippen LogP contribution is 2.44. The summed E-state index contributed by atoms with van der Waals surface area (Å²) >= 11 is 0. The molecule has 0 aliphatic carbocycles. The summed E-state index contributed by atoms with van der Waals surface area (Å²) in [6.07, 6.45) is 2.58. The summed E-state index contributed by atoms with van der Waals surface area (Å²) in [5.41, 5.74) is 1.87. The van der Waals surface area contributed by atoms with E-state index < -0.39 is 0 Å². The Labute approximate surface area is 146 Å². The molecule has 2 fully saturated rings. The van der Waals surface area contributed by atoms with Crippen molar-refractivity contribution in [3.8, 4) is 0 Å². The highest BCUT2D eigenvalue weighted by atomic mass is 16.5. The summed E-state index contributed by atoms with van der Waals surface area (Å²) in [7, 11) is 3.64. The van der Waals surface area contributed by atoms with Crippen LogP contribution in [0, 0.1) is 11.3 Å². The molecule has 1 aromatic carbocycles. The van der Waals surface area contributed by atoms with E-state index in [-0.39, 0.29) is 0 Å². The molecule has 1 aromatic rings. The van der Waals surface area contributed by atoms with Crippen LogP contribution >= 0.6 is 0 Å². The fourth-order valence-electron chi connectivity index (χ4n) is 4.53. The SMILES string of the molecule is COCCN1C[C@@H](COC)C2(CCN(Cc3ccccc3)CC2)C1. The van der Waals surface area contributed by atoms with Gasteiger partial charge in [-0.2, -0.15) is 0 Å². The number of likely N-dealkylation sites (tertiary alicyclic amines) is 2. The maximum absolute atomic E-state index is 5.56. The van der Waals surface area contributed by atoms with Crippen LogP contribution in [0.25, 0.3) is 0 Å². The first-order valence-electron chi connectivity index (χ1n) is 9.22. The quantitative estimate of drug-likeness (QED) is 0.766. The van der Waals surface area contributed by atoms with Crippen molar-refractivity contribution in [2.75, 3.05) is 60.2 Å². The minimum absolute atomic E-state index is 0.441. The molecule has 3 rings (SSSR count). The summed E-state index contributed by atoms with van der Waals surface area (Å²) in [5, 5.41) is 0. The third-order valence-corrected chi connectivity index (χ3v) is 5.96. The van der Waals surface area contributed by atoms with E-state index in [1.54, 1.807) is 7.11 Å². The standard InChI is InChI=1S/C20H32N2O2/c1-23-13-12-22-15-19(16-24-2)20(17-22)8-10-21(11-9-20)14-18-6-4-3-5-7-18/h3-7,19H,8-17H2,1-2H3/t19-/m0/s1. The molecular formula is C20H32N2O2. The number of piperidine rings is 1. The zero-order valence-electron chi connectivity index (χ0n) is 15.2. The number of benzene rings is 1. The third-order valence-electron chi connectivity index (χ3n) is 5.96. The van der Waals surface area contributed by atoms with Gasteiger partial charge in [0.05, 0.1) is 13.2 Å². The molecule has 134 valence electrons. The molecule has 2 aliphatic heterocycles. The molecule has 2 saturated heterocycles. The molecule has 4 nitrogen and oxygen atoms in total.